The summed E-state index contributed by atoms with van der Waals surface area (Å²) in [5, 5.41) is 1.68. The van der Waals surface area contributed by atoms with Crippen molar-refractivity contribution in [2.24, 2.45) is 0 Å². The molecule has 0 aliphatic carbocycles. The molecule has 2 aromatic carbocycles. The number of piperidine rings is 1. The van der Waals surface area contributed by atoms with Crippen molar-refractivity contribution in [2.75, 3.05) is 38.5 Å². The highest BCUT2D eigenvalue weighted by atomic mass is 35.5. The normalized spacial score (nSPS) is 19.3. The predicted octanol–water partition coefficient (Wildman–Crippen LogP) is 6.08. The molecule has 2 aliphatic heterocycles. The summed E-state index contributed by atoms with van der Waals surface area (Å²) in [6.07, 6.45) is 4.90. The van der Waals surface area contributed by atoms with Crippen molar-refractivity contribution in [3.05, 3.63) is 52.9 Å². The highest BCUT2D eigenvalue weighted by Crippen LogP contribution is 2.41. The van der Waals surface area contributed by atoms with Crippen LogP contribution in [-0.2, 0) is 15.9 Å². The first-order chi connectivity index (χ1) is 18.4. The van der Waals surface area contributed by atoms with Gasteiger partial charge in [0.25, 0.3) is 0 Å². The van der Waals surface area contributed by atoms with Gasteiger partial charge in [-0.1, -0.05) is 13.0 Å². The number of rotatable bonds is 6. The lowest BCUT2D eigenvalue weighted by Crippen LogP contribution is -2.56. The maximum absolute atomic E-state index is 16.3. The van der Waals surface area contributed by atoms with E-state index in [0.29, 0.717) is 51.8 Å². The van der Waals surface area contributed by atoms with E-state index >= 15 is 4.39 Å². The molecule has 2 saturated heterocycles. The third-order valence-corrected chi connectivity index (χ3v) is 7.70. The first-order valence-corrected chi connectivity index (χ1v) is 13.1. The average molecular weight is 541 g/mol. The fourth-order valence-corrected chi connectivity index (χ4v) is 5.83. The summed E-state index contributed by atoms with van der Waals surface area (Å²) in [4.78, 5) is 15.3. The number of halogens is 3. The van der Waals surface area contributed by atoms with E-state index in [1.54, 1.807) is 24.4 Å². The van der Waals surface area contributed by atoms with E-state index in [9.17, 15) is 4.39 Å². The minimum absolute atomic E-state index is 0.00758. The van der Waals surface area contributed by atoms with Gasteiger partial charge in [0.05, 0.1) is 17.6 Å². The molecule has 0 saturated carbocycles. The number of hydrogen-bond donors (Lipinski definition) is 0. The molecular formula is C28H27ClF2N4O3. The molecule has 7 nitrogen and oxygen atoms in total. The van der Waals surface area contributed by atoms with Crippen LogP contribution in [0.15, 0.2) is 30.5 Å². The van der Waals surface area contributed by atoms with Crippen LogP contribution in [0.5, 0.6) is 5.75 Å². The second-order valence-electron chi connectivity index (χ2n) is 9.81. The molecule has 2 aliphatic rings. The number of methoxy groups -OCH3 is 1. The number of aromatic nitrogens is 3. The number of aryl methyl sites for hydroxylation is 1. The summed E-state index contributed by atoms with van der Waals surface area (Å²) >= 11 is 6.33. The van der Waals surface area contributed by atoms with Crippen LogP contribution in [0.25, 0.3) is 32.9 Å². The van der Waals surface area contributed by atoms with Gasteiger partial charge in [-0.2, -0.15) is 4.98 Å². The minimum Gasteiger partial charge on any atom is -0.468 e. The van der Waals surface area contributed by atoms with E-state index < -0.39 is 5.82 Å². The highest BCUT2D eigenvalue weighted by Gasteiger charge is 2.42. The van der Waals surface area contributed by atoms with Crippen molar-refractivity contribution in [1.29, 1.82) is 0 Å². The Bertz CT molecular complexity index is 1550. The molecule has 38 heavy (non-hydrogen) atoms. The molecule has 198 valence electrons. The Balaban J connectivity index is 1.54. The Kier molecular flexibility index (Phi) is 6.53. The van der Waals surface area contributed by atoms with Gasteiger partial charge in [-0.05, 0) is 65.4 Å². The third-order valence-electron chi connectivity index (χ3n) is 7.54. The van der Waals surface area contributed by atoms with Crippen LogP contribution in [0.1, 0.15) is 31.7 Å². The molecule has 4 aromatic rings. The fraction of sp³-hybridized carbons (Fsp3) is 0.393. The maximum Gasteiger partial charge on any atom is 0.225 e. The van der Waals surface area contributed by atoms with Gasteiger partial charge in [-0.25, -0.2) is 13.8 Å². The summed E-state index contributed by atoms with van der Waals surface area (Å²) in [6.45, 7) is 4.02. The molecule has 1 unspecified atom stereocenters. The van der Waals surface area contributed by atoms with E-state index in [4.69, 9.17) is 25.8 Å². The number of benzene rings is 2. The fourth-order valence-electron chi connectivity index (χ4n) is 5.67. The topological polar surface area (TPSA) is 69.6 Å². The second-order valence-corrected chi connectivity index (χ2v) is 10.1. The van der Waals surface area contributed by atoms with Crippen LogP contribution in [0.4, 0.5) is 14.6 Å². The van der Waals surface area contributed by atoms with Crippen molar-refractivity contribution >= 4 is 39.1 Å². The molecule has 6 rings (SSSR count). The number of anilines is 1. The molecular weight excluding hydrogens is 514 g/mol. The predicted molar refractivity (Wildman–Crippen MR) is 142 cm³/mol. The van der Waals surface area contributed by atoms with Crippen molar-refractivity contribution < 1.29 is 23.0 Å². The Morgan fingerprint density at radius 1 is 1.18 bits per heavy atom. The van der Waals surface area contributed by atoms with Crippen LogP contribution >= 0.6 is 11.6 Å². The molecule has 0 N–H and O–H groups in total. The van der Waals surface area contributed by atoms with Gasteiger partial charge in [0.1, 0.15) is 28.6 Å². The van der Waals surface area contributed by atoms with Gasteiger partial charge in [0, 0.05) is 38.4 Å². The van der Waals surface area contributed by atoms with E-state index in [0.717, 1.165) is 32.4 Å². The molecule has 1 atom stereocenters. The molecule has 0 amide bonds. The Hall–Kier alpha value is -3.14. The average Bonchev–Trinajstić information content (AvgIpc) is 2.91. The first kappa shape index (κ1) is 25.2. The summed E-state index contributed by atoms with van der Waals surface area (Å²) < 4.78 is 47.8. The molecule has 2 fully saturated rings. The highest BCUT2D eigenvalue weighted by molar-refractivity contribution is 6.28. The second kappa shape index (κ2) is 9.87. The van der Waals surface area contributed by atoms with Gasteiger partial charge >= 0.3 is 0 Å². The zero-order valence-corrected chi connectivity index (χ0v) is 21.9. The smallest absolute Gasteiger partial charge is 0.225 e. The maximum atomic E-state index is 16.3. The van der Waals surface area contributed by atoms with Crippen molar-refractivity contribution in [2.45, 2.75) is 38.2 Å². The van der Waals surface area contributed by atoms with Crippen molar-refractivity contribution in [1.82, 2.24) is 15.0 Å². The number of fused-ring (bicyclic) bond motifs is 2. The summed E-state index contributed by atoms with van der Waals surface area (Å²) in [7, 11) is 1.51. The van der Waals surface area contributed by atoms with E-state index in [1.165, 1.54) is 13.2 Å². The lowest BCUT2D eigenvalue weighted by molar-refractivity contribution is -0.151. The Labute approximate surface area is 223 Å². The lowest BCUT2D eigenvalue weighted by atomic mass is 9.86. The lowest BCUT2D eigenvalue weighted by Gasteiger charge is -2.48. The van der Waals surface area contributed by atoms with Gasteiger partial charge < -0.3 is 19.1 Å². The van der Waals surface area contributed by atoms with E-state index in [1.807, 2.05) is 6.92 Å². The van der Waals surface area contributed by atoms with Crippen LogP contribution in [0.3, 0.4) is 0 Å². The molecule has 4 heterocycles. The largest absolute Gasteiger partial charge is 0.468 e. The minimum atomic E-state index is -0.656. The standard InChI is InChI=1S/C28H27ClF2N4O3/c1-3-18-21(30)6-5-16-11-17(37-15-36-2)12-19(22(16)18)24-23(31)25-20(13-32-24)26(34-27(29)33-25)35-9-4-7-28(14-35)8-10-38-28/h5-6,11-13H,3-4,7-10,14-15H2,1-2H3. The zero-order chi connectivity index (χ0) is 26.4. The molecule has 0 radical (unpaired) electrons. The molecule has 0 bridgehead atoms. The summed E-state index contributed by atoms with van der Waals surface area (Å²) in [5.41, 5.74) is 0.780. The van der Waals surface area contributed by atoms with Crippen LogP contribution < -0.4 is 9.64 Å². The van der Waals surface area contributed by atoms with Gasteiger partial charge in [-0.3, -0.25) is 4.98 Å². The van der Waals surface area contributed by atoms with Gasteiger partial charge in [-0.15, -0.1) is 0 Å². The molecule has 10 heteroatoms. The quantitative estimate of drug-likeness (QED) is 0.217. The molecule has 1 spiro atoms. The van der Waals surface area contributed by atoms with Crippen molar-refractivity contribution in [3.63, 3.8) is 0 Å². The van der Waals surface area contributed by atoms with Crippen LogP contribution in [-0.4, -0.2) is 54.2 Å². The van der Waals surface area contributed by atoms with E-state index in [2.05, 4.69) is 19.9 Å². The van der Waals surface area contributed by atoms with Gasteiger partial charge in [0.15, 0.2) is 12.6 Å². The SMILES string of the molecule is CCc1c(F)ccc2cc(OCOC)cc(-c3ncc4c(N5CCCC6(CCO6)C5)nc(Cl)nc4c3F)c12. The zero-order valence-electron chi connectivity index (χ0n) is 21.2. The Morgan fingerprint density at radius 3 is 2.76 bits per heavy atom. The van der Waals surface area contributed by atoms with Crippen LogP contribution in [0, 0.1) is 11.6 Å². The summed E-state index contributed by atoms with van der Waals surface area (Å²) in [5.74, 6) is -0.0336. The first-order valence-electron chi connectivity index (χ1n) is 12.7. The number of pyridine rings is 1. The number of ether oxygens (including phenoxy) is 3. The van der Waals surface area contributed by atoms with Crippen LogP contribution in [0.2, 0.25) is 5.28 Å². The molecule has 2 aromatic heterocycles. The van der Waals surface area contributed by atoms with E-state index in [-0.39, 0.29) is 34.7 Å². The Morgan fingerprint density at radius 2 is 2.03 bits per heavy atom. The van der Waals surface area contributed by atoms with Gasteiger partial charge in [0.2, 0.25) is 5.28 Å². The third kappa shape index (κ3) is 4.22. The monoisotopic (exact) mass is 540 g/mol. The summed E-state index contributed by atoms with van der Waals surface area (Å²) in [6, 6.07) is 6.49. The van der Waals surface area contributed by atoms with Crippen molar-refractivity contribution in [3.8, 4) is 17.0 Å². The number of nitrogens with zero attached hydrogens (tertiary/aromatic N) is 4. The number of hydrogen-bond acceptors (Lipinski definition) is 7.